The highest BCUT2D eigenvalue weighted by Crippen LogP contribution is 2.40. The third kappa shape index (κ3) is 1.73. The number of nitrogen functional groups attached to an aromatic ring is 1. The molecule has 3 heterocycles. The number of nitrogens with two attached hydrogens (primary N) is 1. The van der Waals surface area contributed by atoms with Crippen molar-refractivity contribution in [2.24, 2.45) is 0 Å². The van der Waals surface area contributed by atoms with Gasteiger partial charge in [-0.15, -0.1) is 0 Å². The molecule has 0 bridgehead atoms. The fourth-order valence-electron chi connectivity index (χ4n) is 2.17. The van der Waals surface area contributed by atoms with Crippen LogP contribution in [0.2, 0.25) is 0 Å². The Labute approximate surface area is 111 Å². The van der Waals surface area contributed by atoms with Crippen molar-refractivity contribution in [3.05, 3.63) is 12.2 Å². The number of rotatable bonds is 2. The van der Waals surface area contributed by atoms with Crippen LogP contribution < -0.4 is 10.7 Å². The molecule has 1 aliphatic rings. The van der Waals surface area contributed by atoms with E-state index in [0.717, 1.165) is 0 Å². The Hall–Kier alpha value is -1.88. The Balaban J connectivity index is 2.03. The maximum atomic E-state index is 13.9. The van der Waals surface area contributed by atoms with Crippen LogP contribution in [-0.2, 0) is 4.74 Å². The van der Waals surface area contributed by atoms with Gasteiger partial charge in [0.1, 0.15) is 6.10 Å². The topological polar surface area (TPSA) is 152 Å². The van der Waals surface area contributed by atoms with E-state index >= 15 is 0 Å². The highest BCUT2D eigenvalue weighted by atomic mass is 19.2. The van der Waals surface area contributed by atoms with Crippen molar-refractivity contribution in [1.82, 2.24) is 15.0 Å². The van der Waals surface area contributed by atoms with E-state index < -0.39 is 30.8 Å². The molecule has 1 unspecified atom stereocenters. The minimum absolute atomic E-state index is 0.0805. The monoisotopic (exact) mass is 286 g/mol. The first-order valence-corrected chi connectivity index (χ1v) is 5.83. The lowest BCUT2D eigenvalue weighted by atomic mass is 10.1. The number of hydrogen-bond donors (Lipinski definition) is 5. The van der Waals surface area contributed by atoms with Gasteiger partial charge in [0, 0.05) is 0 Å². The molecule has 7 N–H and O–H groups in total. The summed E-state index contributed by atoms with van der Waals surface area (Å²) in [6, 6.07) is 0. The normalized spacial score (nSPS) is 33.9. The minimum atomic E-state index is -3.09. The first kappa shape index (κ1) is 13.1. The molecule has 1 saturated heterocycles. The average Bonchev–Trinajstić information content (AvgIpc) is 2.95. The Bertz CT molecular complexity index is 648. The molecular formula is C10H13FN5O4+. The highest BCUT2D eigenvalue weighted by Gasteiger charge is 2.58. The molecule has 0 saturated carbocycles. The van der Waals surface area contributed by atoms with Gasteiger partial charge in [0.05, 0.1) is 6.61 Å². The largest absolute Gasteiger partial charge is 0.393 e. The predicted octanol–water partition coefficient (Wildman–Crippen LogP) is -2.19. The van der Waals surface area contributed by atoms with Crippen LogP contribution in [0, 0.1) is 0 Å². The summed E-state index contributed by atoms with van der Waals surface area (Å²) in [7, 11) is 0. The van der Waals surface area contributed by atoms with Crippen molar-refractivity contribution in [2.75, 3.05) is 12.3 Å². The standard InChI is InChI=1S/C10H12FN5O4/c11-10(19)3(1-17)20-5(6(10)18)9-15-7(12)4-8(16-9)14-2-13-4/h2-3,5-6,17-19H,1H2,(H3,12,13,14,15,16)/p+1/t3-,5?,6-,10-/m1/s1. The molecule has 0 radical (unpaired) electrons. The van der Waals surface area contributed by atoms with Gasteiger partial charge in [-0.3, -0.25) is 4.98 Å². The van der Waals surface area contributed by atoms with Gasteiger partial charge in [0.15, 0.2) is 24.4 Å². The zero-order valence-electron chi connectivity index (χ0n) is 10.1. The van der Waals surface area contributed by atoms with Gasteiger partial charge >= 0.3 is 5.65 Å². The van der Waals surface area contributed by atoms with E-state index in [1.54, 1.807) is 0 Å². The molecule has 108 valence electrons. The van der Waals surface area contributed by atoms with E-state index in [0.29, 0.717) is 11.2 Å². The number of aliphatic hydroxyl groups excluding tert-OH is 2. The Morgan fingerprint density at radius 2 is 2.30 bits per heavy atom. The quantitative estimate of drug-likeness (QED) is 0.420. The van der Waals surface area contributed by atoms with Crippen LogP contribution >= 0.6 is 0 Å². The molecule has 3 rings (SSSR count). The van der Waals surface area contributed by atoms with Crippen molar-refractivity contribution in [2.45, 2.75) is 24.2 Å². The zero-order valence-corrected chi connectivity index (χ0v) is 10.1. The lowest BCUT2D eigenvalue weighted by Gasteiger charge is -2.19. The second-order valence-corrected chi connectivity index (χ2v) is 4.52. The van der Waals surface area contributed by atoms with Crippen molar-refractivity contribution < 1.29 is 29.4 Å². The Kier molecular flexibility index (Phi) is 2.83. The molecule has 0 amide bonds. The number of hydrogen-bond acceptors (Lipinski definition) is 7. The molecule has 2 aromatic rings. The summed E-state index contributed by atoms with van der Waals surface area (Å²) < 4.78 is 19.0. The average molecular weight is 286 g/mol. The fraction of sp³-hybridized carbons (Fsp3) is 0.500. The smallest absolute Gasteiger partial charge is 0.305 e. The van der Waals surface area contributed by atoms with Crippen molar-refractivity contribution in [3.8, 4) is 0 Å². The molecule has 0 spiro atoms. The Morgan fingerprint density at radius 1 is 1.55 bits per heavy atom. The van der Waals surface area contributed by atoms with Crippen LogP contribution in [0.1, 0.15) is 11.9 Å². The van der Waals surface area contributed by atoms with Crippen molar-refractivity contribution in [3.63, 3.8) is 0 Å². The van der Waals surface area contributed by atoms with Gasteiger partial charge in [-0.2, -0.15) is 4.98 Å². The molecule has 10 heteroatoms. The molecule has 0 aliphatic carbocycles. The van der Waals surface area contributed by atoms with Gasteiger partial charge in [-0.25, -0.2) is 9.37 Å². The lowest BCUT2D eigenvalue weighted by molar-refractivity contribution is -0.347. The number of anilines is 1. The summed E-state index contributed by atoms with van der Waals surface area (Å²) in [5, 5.41) is 28.2. The highest BCUT2D eigenvalue weighted by molar-refractivity contribution is 5.78. The van der Waals surface area contributed by atoms with E-state index in [1.807, 2.05) is 0 Å². The number of H-pyrrole nitrogens is 2. The number of fused-ring (bicyclic) bond motifs is 1. The van der Waals surface area contributed by atoms with Crippen molar-refractivity contribution in [1.29, 1.82) is 0 Å². The van der Waals surface area contributed by atoms with E-state index in [9.17, 15) is 14.6 Å². The second-order valence-electron chi connectivity index (χ2n) is 4.52. The van der Waals surface area contributed by atoms with Crippen LogP contribution in [0.3, 0.4) is 0 Å². The molecule has 4 atom stereocenters. The number of imidazole rings is 1. The van der Waals surface area contributed by atoms with E-state index in [-0.39, 0.29) is 11.6 Å². The summed E-state index contributed by atoms with van der Waals surface area (Å²) in [6.45, 7) is -0.797. The molecular weight excluding hydrogens is 273 g/mol. The van der Waals surface area contributed by atoms with E-state index in [4.69, 9.17) is 15.6 Å². The number of nitrogens with zero attached hydrogens (tertiary/aromatic N) is 2. The first-order chi connectivity index (χ1) is 9.45. The molecule has 1 fully saturated rings. The van der Waals surface area contributed by atoms with Gasteiger partial charge < -0.3 is 25.8 Å². The summed E-state index contributed by atoms with van der Waals surface area (Å²) in [5.74, 6) is -3.10. The van der Waals surface area contributed by atoms with Crippen LogP contribution in [0.4, 0.5) is 10.2 Å². The Morgan fingerprint density at radius 3 is 2.95 bits per heavy atom. The summed E-state index contributed by atoms with van der Waals surface area (Å²) >= 11 is 0. The number of aromatic amines is 2. The van der Waals surface area contributed by atoms with Gasteiger partial charge in [0.2, 0.25) is 11.3 Å². The lowest BCUT2D eigenvalue weighted by Crippen LogP contribution is -2.44. The van der Waals surface area contributed by atoms with E-state index in [2.05, 4.69) is 19.9 Å². The number of halogens is 1. The molecule has 2 aromatic heterocycles. The number of aromatic nitrogens is 4. The van der Waals surface area contributed by atoms with Crippen LogP contribution in [0.15, 0.2) is 6.33 Å². The summed E-state index contributed by atoms with van der Waals surface area (Å²) in [5.41, 5.74) is 6.50. The van der Waals surface area contributed by atoms with Gasteiger partial charge in [0.25, 0.3) is 5.85 Å². The zero-order chi connectivity index (χ0) is 14.5. The number of ether oxygens (including phenoxy) is 1. The third-order valence-corrected chi connectivity index (χ3v) is 3.26. The number of alkyl halides is 1. The molecule has 0 aromatic carbocycles. The molecule has 1 aliphatic heterocycles. The van der Waals surface area contributed by atoms with Gasteiger partial charge in [-0.1, -0.05) is 4.98 Å². The predicted molar refractivity (Wildman–Crippen MR) is 61.6 cm³/mol. The second kappa shape index (κ2) is 4.31. The van der Waals surface area contributed by atoms with Crippen LogP contribution in [-0.4, -0.2) is 54.9 Å². The number of aliphatic hydroxyl groups is 3. The summed E-state index contributed by atoms with van der Waals surface area (Å²) in [4.78, 5) is 13.5. The van der Waals surface area contributed by atoms with Crippen molar-refractivity contribution >= 4 is 17.0 Å². The third-order valence-electron chi connectivity index (χ3n) is 3.26. The molecule has 9 nitrogen and oxygen atoms in total. The number of nitrogens with one attached hydrogen (secondary N) is 2. The summed E-state index contributed by atoms with van der Waals surface area (Å²) in [6.07, 6.45) is -3.38. The van der Waals surface area contributed by atoms with Crippen LogP contribution in [0.25, 0.3) is 11.2 Å². The fourth-order valence-corrected chi connectivity index (χ4v) is 2.17. The minimum Gasteiger partial charge on any atom is -0.393 e. The molecule has 20 heavy (non-hydrogen) atoms. The first-order valence-electron chi connectivity index (χ1n) is 5.83. The maximum absolute atomic E-state index is 13.9. The van der Waals surface area contributed by atoms with Gasteiger partial charge in [-0.05, 0) is 0 Å². The van der Waals surface area contributed by atoms with E-state index in [1.165, 1.54) is 6.33 Å². The van der Waals surface area contributed by atoms with Crippen LogP contribution in [0.5, 0.6) is 0 Å². The maximum Gasteiger partial charge on any atom is 0.305 e. The SMILES string of the molecule is Nc1nc(C2O[C@H](CO)[C@](O)(F)[C@@H]2O)nc2[nH+]c[nH]c12.